The number of amides is 1. The van der Waals surface area contributed by atoms with Crippen LogP contribution in [0.4, 0.5) is 4.39 Å². The fourth-order valence-electron chi connectivity index (χ4n) is 2.99. The summed E-state index contributed by atoms with van der Waals surface area (Å²) in [4.78, 5) is 12.7. The molecule has 28 heavy (non-hydrogen) atoms. The van der Waals surface area contributed by atoms with Gasteiger partial charge in [0.1, 0.15) is 5.82 Å². The smallest absolute Gasteiger partial charge is 0.254 e. The standard InChI is InChI=1S/C21H21ClFN3O2/c1-13(2)20-18(11-25-26(20)17-8-6-15(22)7-9-17)21(28)24-12-19(27)14-4-3-5-16(23)10-14/h3-11,13,19,27H,12H2,1-2H3,(H,24,28). The van der Waals surface area contributed by atoms with Crippen LogP contribution in [0.1, 0.15) is 47.5 Å². The summed E-state index contributed by atoms with van der Waals surface area (Å²) in [6, 6.07) is 12.9. The van der Waals surface area contributed by atoms with E-state index in [0.29, 0.717) is 16.1 Å². The average molecular weight is 402 g/mol. The second kappa shape index (κ2) is 8.54. The van der Waals surface area contributed by atoms with Crippen LogP contribution in [-0.2, 0) is 0 Å². The maximum atomic E-state index is 13.3. The molecular formula is C21H21ClFN3O2. The number of hydrogen-bond acceptors (Lipinski definition) is 3. The largest absolute Gasteiger partial charge is 0.387 e. The molecule has 2 aromatic carbocycles. The summed E-state index contributed by atoms with van der Waals surface area (Å²) in [6.07, 6.45) is 0.502. The highest BCUT2D eigenvalue weighted by Crippen LogP contribution is 2.24. The molecule has 3 rings (SSSR count). The van der Waals surface area contributed by atoms with E-state index in [1.165, 1.54) is 24.4 Å². The zero-order valence-electron chi connectivity index (χ0n) is 15.6. The Bertz CT molecular complexity index is 970. The molecule has 7 heteroatoms. The first-order chi connectivity index (χ1) is 13.4. The van der Waals surface area contributed by atoms with Gasteiger partial charge in [-0.1, -0.05) is 37.6 Å². The summed E-state index contributed by atoms with van der Waals surface area (Å²) >= 11 is 5.95. The van der Waals surface area contributed by atoms with E-state index in [1.807, 2.05) is 26.0 Å². The lowest BCUT2D eigenvalue weighted by atomic mass is 10.0. The van der Waals surface area contributed by atoms with Crippen LogP contribution in [0, 0.1) is 5.82 Å². The van der Waals surface area contributed by atoms with E-state index in [-0.39, 0.29) is 18.4 Å². The molecule has 1 aromatic heterocycles. The van der Waals surface area contributed by atoms with E-state index in [9.17, 15) is 14.3 Å². The van der Waals surface area contributed by atoms with E-state index >= 15 is 0 Å². The third-order valence-electron chi connectivity index (χ3n) is 4.36. The number of nitrogens with one attached hydrogen (secondary N) is 1. The van der Waals surface area contributed by atoms with Crippen molar-refractivity contribution < 1.29 is 14.3 Å². The number of benzene rings is 2. The molecule has 0 saturated carbocycles. The van der Waals surface area contributed by atoms with Crippen LogP contribution in [-0.4, -0.2) is 27.3 Å². The number of aliphatic hydroxyl groups is 1. The van der Waals surface area contributed by atoms with E-state index in [2.05, 4.69) is 10.4 Å². The second-order valence-corrected chi connectivity index (χ2v) is 7.20. The number of hydrogen-bond donors (Lipinski definition) is 2. The number of carbonyl (C=O) groups is 1. The summed E-state index contributed by atoms with van der Waals surface area (Å²) in [5.41, 5.74) is 2.38. The van der Waals surface area contributed by atoms with Gasteiger partial charge in [0.2, 0.25) is 0 Å². The Kier molecular flexibility index (Phi) is 6.11. The number of carbonyl (C=O) groups excluding carboxylic acids is 1. The van der Waals surface area contributed by atoms with E-state index < -0.39 is 11.9 Å². The van der Waals surface area contributed by atoms with E-state index in [4.69, 9.17) is 11.6 Å². The Balaban J connectivity index is 1.79. The van der Waals surface area contributed by atoms with Crippen LogP contribution in [0.5, 0.6) is 0 Å². The number of nitrogens with zero attached hydrogens (tertiary/aromatic N) is 2. The summed E-state index contributed by atoms with van der Waals surface area (Å²) in [6.45, 7) is 3.91. The van der Waals surface area contributed by atoms with E-state index in [0.717, 1.165) is 11.4 Å². The van der Waals surface area contributed by atoms with Crippen molar-refractivity contribution in [1.82, 2.24) is 15.1 Å². The topological polar surface area (TPSA) is 67.2 Å². The maximum absolute atomic E-state index is 13.3. The van der Waals surface area contributed by atoms with Gasteiger partial charge in [-0.3, -0.25) is 4.79 Å². The Labute approximate surface area is 167 Å². The molecular weight excluding hydrogens is 381 g/mol. The summed E-state index contributed by atoms with van der Waals surface area (Å²) in [7, 11) is 0. The number of halogens is 2. The van der Waals surface area contributed by atoms with Crippen LogP contribution in [0.2, 0.25) is 5.02 Å². The van der Waals surface area contributed by atoms with Crippen molar-refractivity contribution in [2.24, 2.45) is 0 Å². The van der Waals surface area contributed by atoms with Crippen molar-refractivity contribution >= 4 is 17.5 Å². The van der Waals surface area contributed by atoms with Gasteiger partial charge in [-0.2, -0.15) is 5.10 Å². The third-order valence-corrected chi connectivity index (χ3v) is 4.61. The van der Waals surface area contributed by atoms with Crippen molar-refractivity contribution in [2.75, 3.05) is 6.54 Å². The first-order valence-electron chi connectivity index (χ1n) is 8.92. The highest BCUT2D eigenvalue weighted by Gasteiger charge is 2.21. The first kappa shape index (κ1) is 20.0. The number of aromatic nitrogens is 2. The molecule has 0 spiro atoms. The Morgan fingerprint density at radius 3 is 2.61 bits per heavy atom. The predicted octanol–water partition coefficient (Wildman–Crippen LogP) is 4.25. The second-order valence-electron chi connectivity index (χ2n) is 6.77. The fourth-order valence-corrected chi connectivity index (χ4v) is 3.12. The molecule has 3 aromatic rings. The van der Waals surface area contributed by atoms with Gasteiger partial charge >= 0.3 is 0 Å². The normalized spacial score (nSPS) is 12.2. The minimum absolute atomic E-state index is 0.0343. The van der Waals surface area contributed by atoms with Gasteiger partial charge in [0, 0.05) is 11.6 Å². The van der Waals surface area contributed by atoms with Crippen molar-refractivity contribution in [3.05, 3.63) is 82.4 Å². The molecule has 1 heterocycles. The molecule has 5 nitrogen and oxygen atoms in total. The summed E-state index contributed by atoms with van der Waals surface area (Å²) in [5, 5.41) is 17.9. The Hall–Kier alpha value is -2.70. The van der Waals surface area contributed by atoms with Crippen molar-refractivity contribution in [2.45, 2.75) is 25.9 Å². The lowest BCUT2D eigenvalue weighted by Crippen LogP contribution is -2.29. The quantitative estimate of drug-likeness (QED) is 0.648. The number of rotatable bonds is 6. The lowest BCUT2D eigenvalue weighted by molar-refractivity contribution is 0.0915. The van der Waals surface area contributed by atoms with Gasteiger partial charge in [0.15, 0.2) is 0 Å². The third kappa shape index (κ3) is 4.40. The minimum Gasteiger partial charge on any atom is -0.387 e. The number of aliphatic hydroxyl groups excluding tert-OH is 1. The monoisotopic (exact) mass is 401 g/mol. The molecule has 1 amide bonds. The molecule has 0 radical (unpaired) electrons. The molecule has 0 aliphatic rings. The highest BCUT2D eigenvalue weighted by molar-refractivity contribution is 6.30. The van der Waals surface area contributed by atoms with Gasteiger partial charge in [-0.25, -0.2) is 9.07 Å². The van der Waals surface area contributed by atoms with E-state index in [1.54, 1.807) is 22.9 Å². The predicted molar refractivity (Wildman–Crippen MR) is 106 cm³/mol. The van der Waals surface area contributed by atoms with Crippen LogP contribution < -0.4 is 5.32 Å². The SMILES string of the molecule is CC(C)c1c(C(=O)NCC(O)c2cccc(F)c2)cnn1-c1ccc(Cl)cc1. The molecule has 1 atom stereocenters. The zero-order chi connectivity index (χ0) is 20.3. The van der Waals surface area contributed by atoms with Crippen molar-refractivity contribution in [3.63, 3.8) is 0 Å². The van der Waals surface area contributed by atoms with Crippen molar-refractivity contribution in [1.29, 1.82) is 0 Å². The Morgan fingerprint density at radius 1 is 1.25 bits per heavy atom. The molecule has 0 fully saturated rings. The molecule has 0 aliphatic heterocycles. The molecule has 0 bridgehead atoms. The van der Waals surface area contributed by atoms with Gasteiger partial charge < -0.3 is 10.4 Å². The summed E-state index contributed by atoms with van der Waals surface area (Å²) in [5.74, 6) is -0.749. The van der Waals surface area contributed by atoms with Gasteiger partial charge in [-0.05, 0) is 47.9 Å². The highest BCUT2D eigenvalue weighted by atomic mass is 35.5. The van der Waals surface area contributed by atoms with Crippen LogP contribution >= 0.6 is 11.6 Å². The van der Waals surface area contributed by atoms with Crippen LogP contribution in [0.15, 0.2) is 54.7 Å². The zero-order valence-corrected chi connectivity index (χ0v) is 16.3. The van der Waals surface area contributed by atoms with Crippen LogP contribution in [0.25, 0.3) is 5.69 Å². The molecule has 0 aliphatic carbocycles. The molecule has 1 unspecified atom stereocenters. The lowest BCUT2D eigenvalue weighted by Gasteiger charge is -2.15. The maximum Gasteiger partial charge on any atom is 0.254 e. The van der Waals surface area contributed by atoms with Gasteiger partial charge in [0.25, 0.3) is 5.91 Å². The fraction of sp³-hybridized carbons (Fsp3) is 0.238. The average Bonchev–Trinajstić information content (AvgIpc) is 3.12. The van der Waals surface area contributed by atoms with Crippen LogP contribution in [0.3, 0.4) is 0 Å². The van der Waals surface area contributed by atoms with Gasteiger partial charge in [-0.15, -0.1) is 0 Å². The van der Waals surface area contributed by atoms with Crippen molar-refractivity contribution in [3.8, 4) is 5.69 Å². The minimum atomic E-state index is -1.01. The first-order valence-corrected chi connectivity index (χ1v) is 9.30. The molecule has 2 N–H and O–H groups in total. The molecule has 146 valence electrons. The summed E-state index contributed by atoms with van der Waals surface area (Å²) < 4.78 is 15.0. The van der Waals surface area contributed by atoms with Gasteiger partial charge in [0.05, 0.1) is 29.2 Å². The Morgan fingerprint density at radius 2 is 1.96 bits per heavy atom. The molecule has 0 saturated heterocycles.